The molecule has 11 heteroatoms. The first-order chi connectivity index (χ1) is 14.8. The van der Waals surface area contributed by atoms with Crippen LogP contribution in [0.15, 0.2) is 52.5 Å². The predicted octanol–water partition coefficient (Wildman–Crippen LogP) is 2.11. The van der Waals surface area contributed by atoms with Gasteiger partial charge in [0, 0.05) is 31.0 Å². The molecule has 2 atom stereocenters. The molecule has 1 fully saturated rings. The third-order valence-corrected chi connectivity index (χ3v) is 8.08. The minimum Gasteiger partial charge on any atom is -0.467 e. The largest absolute Gasteiger partial charge is 0.467 e. The molecule has 0 bridgehead atoms. The summed E-state index contributed by atoms with van der Waals surface area (Å²) in [6.07, 6.45) is 5.47. The molecule has 1 aliphatic rings. The van der Waals surface area contributed by atoms with Crippen molar-refractivity contribution in [3.8, 4) is 11.4 Å². The van der Waals surface area contributed by atoms with Crippen molar-refractivity contribution in [2.45, 2.75) is 36.3 Å². The SMILES string of the molecule is C[C@@H](Sc1nnc(-c2cccnc2)n1Cc1ccco1)C(=O)N(C)[C@H]1CCS(=O)(=O)C1. The predicted molar refractivity (Wildman–Crippen MR) is 116 cm³/mol. The van der Waals surface area contributed by atoms with Gasteiger partial charge in [-0.2, -0.15) is 0 Å². The smallest absolute Gasteiger partial charge is 0.235 e. The van der Waals surface area contributed by atoms with Crippen molar-refractivity contribution >= 4 is 27.5 Å². The van der Waals surface area contributed by atoms with Gasteiger partial charge in [-0.25, -0.2) is 8.42 Å². The van der Waals surface area contributed by atoms with Crippen LogP contribution < -0.4 is 0 Å². The van der Waals surface area contributed by atoms with Crippen molar-refractivity contribution in [2.24, 2.45) is 0 Å². The number of nitrogens with zero attached hydrogens (tertiary/aromatic N) is 5. The van der Waals surface area contributed by atoms with E-state index in [1.807, 2.05) is 28.8 Å². The number of carbonyl (C=O) groups excluding carboxylic acids is 1. The van der Waals surface area contributed by atoms with Crippen molar-refractivity contribution in [3.63, 3.8) is 0 Å². The fourth-order valence-corrected chi connectivity index (χ4v) is 6.27. The number of rotatable bonds is 7. The molecule has 9 nitrogen and oxygen atoms in total. The average Bonchev–Trinajstić information content (AvgIpc) is 3.49. The summed E-state index contributed by atoms with van der Waals surface area (Å²) in [4.78, 5) is 18.7. The van der Waals surface area contributed by atoms with E-state index in [9.17, 15) is 13.2 Å². The fraction of sp³-hybridized carbons (Fsp3) is 0.400. The second-order valence-electron chi connectivity index (χ2n) is 7.48. The molecule has 1 amide bonds. The van der Waals surface area contributed by atoms with E-state index >= 15 is 0 Å². The van der Waals surface area contributed by atoms with E-state index in [0.717, 1.165) is 11.3 Å². The summed E-state index contributed by atoms with van der Waals surface area (Å²) in [7, 11) is -1.40. The van der Waals surface area contributed by atoms with Crippen molar-refractivity contribution < 1.29 is 17.6 Å². The van der Waals surface area contributed by atoms with Crippen molar-refractivity contribution in [1.29, 1.82) is 0 Å². The lowest BCUT2D eigenvalue weighted by Gasteiger charge is -2.26. The lowest BCUT2D eigenvalue weighted by Crippen LogP contribution is -2.41. The first-order valence-corrected chi connectivity index (χ1v) is 12.5. The Labute approximate surface area is 184 Å². The molecule has 1 aliphatic heterocycles. The maximum absolute atomic E-state index is 13.0. The number of pyridine rings is 1. The highest BCUT2D eigenvalue weighted by atomic mass is 32.2. The minimum atomic E-state index is -3.07. The van der Waals surface area contributed by atoms with Gasteiger partial charge < -0.3 is 9.32 Å². The van der Waals surface area contributed by atoms with Crippen molar-refractivity contribution in [2.75, 3.05) is 18.6 Å². The van der Waals surface area contributed by atoms with E-state index in [4.69, 9.17) is 4.42 Å². The number of aromatic nitrogens is 4. The lowest BCUT2D eigenvalue weighted by molar-refractivity contribution is -0.130. The summed E-state index contributed by atoms with van der Waals surface area (Å²) >= 11 is 1.29. The molecule has 0 spiro atoms. The van der Waals surface area contributed by atoms with Crippen LogP contribution in [0.4, 0.5) is 0 Å². The number of sulfone groups is 1. The monoisotopic (exact) mass is 461 g/mol. The highest BCUT2D eigenvalue weighted by Crippen LogP contribution is 2.29. The number of hydrogen-bond donors (Lipinski definition) is 0. The molecule has 0 N–H and O–H groups in total. The third-order valence-electron chi connectivity index (χ3n) is 5.26. The lowest BCUT2D eigenvalue weighted by atomic mass is 10.2. The Morgan fingerprint density at radius 1 is 1.35 bits per heavy atom. The van der Waals surface area contributed by atoms with Crippen molar-refractivity contribution in [3.05, 3.63) is 48.7 Å². The number of carbonyl (C=O) groups is 1. The van der Waals surface area contributed by atoms with Crippen LogP contribution in [0.2, 0.25) is 0 Å². The Hall–Kier alpha value is -2.66. The second-order valence-corrected chi connectivity index (χ2v) is 11.0. The molecular weight excluding hydrogens is 438 g/mol. The van der Waals surface area contributed by atoms with Crippen LogP contribution in [0.3, 0.4) is 0 Å². The van der Waals surface area contributed by atoms with Crippen LogP contribution in [0.25, 0.3) is 11.4 Å². The van der Waals surface area contributed by atoms with Gasteiger partial charge in [-0.1, -0.05) is 11.8 Å². The molecule has 0 unspecified atom stereocenters. The second kappa shape index (κ2) is 8.83. The zero-order valence-electron chi connectivity index (χ0n) is 17.2. The topological polar surface area (TPSA) is 111 Å². The Morgan fingerprint density at radius 3 is 2.84 bits per heavy atom. The van der Waals surface area contributed by atoms with Crippen LogP contribution in [-0.2, 0) is 21.2 Å². The number of furan rings is 1. The maximum Gasteiger partial charge on any atom is 0.235 e. The Bertz CT molecular complexity index is 1150. The number of amides is 1. The van der Waals surface area contributed by atoms with Gasteiger partial charge >= 0.3 is 0 Å². The molecule has 0 saturated carbocycles. The van der Waals surface area contributed by atoms with Gasteiger partial charge in [-0.3, -0.25) is 14.3 Å². The number of hydrogen-bond acceptors (Lipinski definition) is 8. The van der Waals surface area contributed by atoms with Crippen LogP contribution in [0.5, 0.6) is 0 Å². The first kappa shape index (κ1) is 21.6. The molecule has 1 saturated heterocycles. The van der Waals surface area contributed by atoms with Gasteiger partial charge in [-0.15, -0.1) is 10.2 Å². The highest BCUT2D eigenvalue weighted by molar-refractivity contribution is 8.00. The molecule has 164 valence electrons. The molecule has 4 rings (SSSR count). The van der Waals surface area contributed by atoms with Gasteiger partial charge in [0.05, 0.1) is 29.6 Å². The van der Waals surface area contributed by atoms with E-state index in [1.54, 1.807) is 37.5 Å². The van der Waals surface area contributed by atoms with Gasteiger partial charge in [0.15, 0.2) is 20.8 Å². The normalized spacial score (nSPS) is 18.7. The molecule has 0 radical (unpaired) electrons. The molecule has 3 aromatic heterocycles. The molecular formula is C20H23N5O4S2. The molecule has 3 aromatic rings. The molecule has 0 aliphatic carbocycles. The van der Waals surface area contributed by atoms with E-state index in [-0.39, 0.29) is 23.5 Å². The molecule has 31 heavy (non-hydrogen) atoms. The highest BCUT2D eigenvalue weighted by Gasteiger charge is 2.34. The Kier molecular flexibility index (Phi) is 6.15. The quantitative estimate of drug-likeness (QED) is 0.492. The first-order valence-electron chi connectivity index (χ1n) is 9.84. The maximum atomic E-state index is 13.0. The van der Waals surface area contributed by atoms with E-state index < -0.39 is 15.1 Å². The summed E-state index contributed by atoms with van der Waals surface area (Å²) in [6.45, 7) is 2.20. The average molecular weight is 462 g/mol. The zero-order valence-corrected chi connectivity index (χ0v) is 18.8. The van der Waals surface area contributed by atoms with E-state index in [1.165, 1.54) is 11.8 Å². The van der Waals surface area contributed by atoms with Crippen LogP contribution in [-0.4, -0.2) is 68.8 Å². The van der Waals surface area contributed by atoms with Crippen LogP contribution in [0.1, 0.15) is 19.1 Å². The van der Waals surface area contributed by atoms with Crippen LogP contribution in [0, 0.1) is 0 Å². The summed E-state index contributed by atoms with van der Waals surface area (Å²) in [5.41, 5.74) is 0.806. The summed E-state index contributed by atoms with van der Waals surface area (Å²) in [6, 6.07) is 7.11. The number of thioether (sulfide) groups is 1. The van der Waals surface area contributed by atoms with Gasteiger partial charge in [0.2, 0.25) is 5.91 Å². The molecule has 4 heterocycles. The van der Waals surface area contributed by atoms with Gasteiger partial charge in [0.25, 0.3) is 0 Å². The summed E-state index contributed by atoms with van der Waals surface area (Å²) in [5.74, 6) is 1.37. The van der Waals surface area contributed by atoms with Gasteiger partial charge in [-0.05, 0) is 37.6 Å². The Balaban J connectivity index is 1.56. The molecule has 0 aromatic carbocycles. The minimum absolute atomic E-state index is 0.0203. The third kappa shape index (κ3) is 4.82. The standard InChI is InChI=1S/C20H23N5O4S2/c1-14(19(26)24(2)16-7-10-31(27,28)13-16)30-20-23-22-18(15-5-3-8-21-11-15)25(20)12-17-6-4-9-29-17/h3-6,8-9,11,14,16H,7,10,12-13H2,1-2H3/t14-,16+/m1/s1. The zero-order chi connectivity index (χ0) is 22.0. The summed E-state index contributed by atoms with van der Waals surface area (Å²) < 4.78 is 31.0. The van der Waals surface area contributed by atoms with Crippen molar-refractivity contribution in [1.82, 2.24) is 24.6 Å². The fourth-order valence-electron chi connectivity index (χ4n) is 3.54. The summed E-state index contributed by atoms with van der Waals surface area (Å²) in [5, 5.41) is 8.75. The van der Waals surface area contributed by atoms with E-state index in [2.05, 4.69) is 15.2 Å². The Morgan fingerprint density at radius 2 is 2.19 bits per heavy atom. The van der Waals surface area contributed by atoms with Gasteiger partial charge in [0.1, 0.15) is 5.76 Å². The van der Waals surface area contributed by atoms with E-state index in [0.29, 0.717) is 23.9 Å². The van der Waals surface area contributed by atoms with Crippen LogP contribution >= 0.6 is 11.8 Å².